The zero-order chi connectivity index (χ0) is 14.7. The number of carboxylic acid groups (broad SMARTS) is 1. The van der Waals surface area contributed by atoms with Crippen LogP contribution in [0.3, 0.4) is 0 Å². The van der Waals surface area contributed by atoms with Crippen molar-refractivity contribution in [3.05, 3.63) is 44.0 Å². The summed E-state index contributed by atoms with van der Waals surface area (Å²) in [5.74, 6) is -1.23. The first-order valence-electron chi connectivity index (χ1n) is 5.50. The molecule has 0 aliphatic rings. The zero-order valence-electron chi connectivity index (χ0n) is 10.4. The van der Waals surface area contributed by atoms with E-state index in [1.165, 1.54) is 11.3 Å². The van der Waals surface area contributed by atoms with Crippen LogP contribution in [-0.4, -0.2) is 26.0 Å². The molecule has 2 aromatic heterocycles. The Hall–Kier alpha value is -2.55. The summed E-state index contributed by atoms with van der Waals surface area (Å²) in [7, 11) is 0. The fourth-order valence-electron chi connectivity index (χ4n) is 1.50. The van der Waals surface area contributed by atoms with Crippen molar-refractivity contribution in [2.24, 2.45) is 0 Å². The van der Waals surface area contributed by atoms with Crippen LogP contribution in [0.1, 0.15) is 20.2 Å². The van der Waals surface area contributed by atoms with Gasteiger partial charge in [0.25, 0.3) is 0 Å². The minimum absolute atomic E-state index is 0.0334. The van der Waals surface area contributed by atoms with Crippen molar-refractivity contribution < 1.29 is 14.8 Å². The van der Waals surface area contributed by atoms with Crippen molar-refractivity contribution in [1.29, 1.82) is 0 Å². The highest BCUT2D eigenvalue weighted by atomic mass is 32.1. The summed E-state index contributed by atoms with van der Waals surface area (Å²) in [5, 5.41) is 23.4. The van der Waals surface area contributed by atoms with Crippen LogP contribution >= 0.6 is 11.3 Å². The minimum atomic E-state index is -1.26. The van der Waals surface area contributed by atoms with Crippen molar-refractivity contribution in [3.8, 4) is 0 Å². The fraction of sp³-hybridized carbons (Fsp3) is 0.182. The van der Waals surface area contributed by atoms with E-state index in [-0.39, 0.29) is 17.1 Å². The van der Waals surface area contributed by atoms with E-state index >= 15 is 0 Å². The molecule has 2 rings (SSSR count). The Labute approximate surface area is 117 Å². The van der Waals surface area contributed by atoms with Gasteiger partial charge in [0, 0.05) is 23.3 Å². The van der Waals surface area contributed by atoms with Crippen LogP contribution in [0.2, 0.25) is 0 Å². The van der Waals surface area contributed by atoms with Gasteiger partial charge in [0.1, 0.15) is 0 Å². The number of pyridine rings is 1. The van der Waals surface area contributed by atoms with Crippen LogP contribution < -0.4 is 5.32 Å². The van der Waals surface area contributed by atoms with E-state index in [9.17, 15) is 14.9 Å². The summed E-state index contributed by atoms with van der Waals surface area (Å²) in [6.07, 6.45) is 2.75. The summed E-state index contributed by atoms with van der Waals surface area (Å²) in [4.78, 5) is 29.8. The number of nitrogens with one attached hydrogen (secondary N) is 1. The van der Waals surface area contributed by atoms with Crippen LogP contribution in [0.15, 0.2) is 18.5 Å². The number of hydrogen-bond acceptors (Lipinski definition) is 7. The first-order chi connectivity index (χ1) is 9.47. The van der Waals surface area contributed by atoms with Gasteiger partial charge in [-0.1, -0.05) is 0 Å². The van der Waals surface area contributed by atoms with Gasteiger partial charge in [0.2, 0.25) is 5.82 Å². The molecule has 8 nitrogen and oxygen atoms in total. The smallest absolute Gasteiger partial charge is 0.337 e. The van der Waals surface area contributed by atoms with E-state index in [2.05, 4.69) is 15.3 Å². The number of aromatic nitrogens is 2. The van der Waals surface area contributed by atoms with Crippen LogP contribution in [0.25, 0.3) is 0 Å². The molecule has 0 amide bonds. The van der Waals surface area contributed by atoms with Gasteiger partial charge in [0.05, 0.1) is 22.0 Å². The highest BCUT2D eigenvalue weighted by Crippen LogP contribution is 2.24. The van der Waals surface area contributed by atoms with E-state index in [0.717, 1.165) is 22.1 Å². The van der Waals surface area contributed by atoms with E-state index in [1.54, 1.807) is 6.20 Å². The molecule has 2 aromatic rings. The molecule has 0 aromatic carbocycles. The second-order valence-electron chi connectivity index (χ2n) is 3.85. The number of anilines is 1. The first-order valence-corrected chi connectivity index (χ1v) is 6.32. The normalized spacial score (nSPS) is 10.2. The van der Waals surface area contributed by atoms with Crippen LogP contribution in [0.5, 0.6) is 0 Å². The largest absolute Gasteiger partial charge is 0.478 e. The molecule has 0 aliphatic carbocycles. The maximum Gasteiger partial charge on any atom is 0.337 e. The molecule has 0 radical (unpaired) electrons. The Morgan fingerprint density at radius 1 is 1.50 bits per heavy atom. The third-order valence-electron chi connectivity index (χ3n) is 2.41. The molecule has 0 saturated heterocycles. The summed E-state index contributed by atoms with van der Waals surface area (Å²) in [6, 6.07) is 0.982. The standard InChI is InChI=1S/C11H10N4O4S/c1-6-12-4-8(20-6)5-14-10-9(15(18)19)2-7(3-13-10)11(16)17/h2-4H,5H2,1H3,(H,13,14)(H,16,17). The van der Waals surface area contributed by atoms with Gasteiger partial charge in [-0.25, -0.2) is 14.8 Å². The second-order valence-corrected chi connectivity index (χ2v) is 5.17. The molecule has 0 spiro atoms. The number of nitro groups is 1. The number of carboxylic acids is 1. The first kappa shape index (κ1) is 13.9. The van der Waals surface area contributed by atoms with Crippen molar-refractivity contribution >= 4 is 28.8 Å². The number of aromatic carboxylic acids is 1. The van der Waals surface area contributed by atoms with E-state index in [1.807, 2.05) is 6.92 Å². The molecule has 0 atom stereocenters. The number of carbonyl (C=O) groups is 1. The predicted octanol–water partition coefficient (Wildman–Crippen LogP) is 2.07. The SMILES string of the molecule is Cc1ncc(CNc2ncc(C(=O)O)cc2[N+](=O)[O-])s1. The van der Waals surface area contributed by atoms with E-state index in [0.29, 0.717) is 6.54 Å². The molecule has 2 heterocycles. The van der Waals surface area contributed by atoms with Gasteiger partial charge in [-0.05, 0) is 6.92 Å². The molecular formula is C11H10N4O4S. The maximum absolute atomic E-state index is 10.9. The summed E-state index contributed by atoms with van der Waals surface area (Å²) < 4.78 is 0. The predicted molar refractivity (Wildman–Crippen MR) is 72.0 cm³/mol. The zero-order valence-corrected chi connectivity index (χ0v) is 11.2. The van der Waals surface area contributed by atoms with Gasteiger partial charge in [-0.15, -0.1) is 11.3 Å². The number of aryl methyl sites for hydroxylation is 1. The molecule has 0 saturated carbocycles. The molecule has 0 bridgehead atoms. The molecule has 104 valence electrons. The van der Waals surface area contributed by atoms with Crippen molar-refractivity contribution in [2.75, 3.05) is 5.32 Å². The van der Waals surface area contributed by atoms with Crippen LogP contribution in [-0.2, 0) is 6.54 Å². The molecule has 2 N–H and O–H groups in total. The Bertz CT molecular complexity index is 670. The molecule has 0 aliphatic heterocycles. The third kappa shape index (κ3) is 3.06. The molecular weight excluding hydrogens is 284 g/mol. The Kier molecular flexibility index (Phi) is 3.89. The van der Waals surface area contributed by atoms with Gasteiger partial charge in [-0.3, -0.25) is 10.1 Å². The monoisotopic (exact) mass is 294 g/mol. The molecule has 0 unspecified atom stereocenters. The summed E-state index contributed by atoms with van der Waals surface area (Å²) >= 11 is 1.46. The molecule has 9 heteroatoms. The van der Waals surface area contributed by atoms with Gasteiger partial charge >= 0.3 is 11.7 Å². The topological polar surface area (TPSA) is 118 Å². The number of nitrogens with zero attached hydrogens (tertiary/aromatic N) is 3. The summed E-state index contributed by atoms with van der Waals surface area (Å²) in [5.41, 5.74) is -0.595. The van der Waals surface area contributed by atoms with Crippen molar-refractivity contribution in [1.82, 2.24) is 9.97 Å². The molecule has 0 fully saturated rings. The third-order valence-corrected chi connectivity index (χ3v) is 3.32. The lowest BCUT2D eigenvalue weighted by Crippen LogP contribution is -2.06. The Morgan fingerprint density at radius 3 is 2.80 bits per heavy atom. The lowest BCUT2D eigenvalue weighted by atomic mass is 10.2. The summed E-state index contributed by atoms with van der Waals surface area (Å²) in [6.45, 7) is 2.20. The highest BCUT2D eigenvalue weighted by Gasteiger charge is 2.18. The minimum Gasteiger partial charge on any atom is -0.478 e. The quantitative estimate of drug-likeness (QED) is 0.640. The lowest BCUT2D eigenvalue weighted by Gasteiger charge is -2.05. The van der Waals surface area contributed by atoms with Crippen molar-refractivity contribution in [2.45, 2.75) is 13.5 Å². The van der Waals surface area contributed by atoms with Gasteiger partial charge in [0.15, 0.2) is 0 Å². The Morgan fingerprint density at radius 2 is 2.25 bits per heavy atom. The average molecular weight is 294 g/mol. The van der Waals surface area contributed by atoms with Crippen LogP contribution in [0.4, 0.5) is 11.5 Å². The van der Waals surface area contributed by atoms with Gasteiger partial charge in [-0.2, -0.15) is 0 Å². The number of rotatable bonds is 5. The lowest BCUT2D eigenvalue weighted by molar-refractivity contribution is -0.384. The van der Waals surface area contributed by atoms with E-state index in [4.69, 9.17) is 5.11 Å². The molecule has 20 heavy (non-hydrogen) atoms. The van der Waals surface area contributed by atoms with Gasteiger partial charge < -0.3 is 10.4 Å². The average Bonchev–Trinajstić information content (AvgIpc) is 2.81. The van der Waals surface area contributed by atoms with Crippen LogP contribution in [0, 0.1) is 17.0 Å². The number of thiazole rings is 1. The Balaban J connectivity index is 2.22. The van der Waals surface area contributed by atoms with Crippen molar-refractivity contribution in [3.63, 3.8) is 0 Å². The van der Waals surface area contributed by atoms with E-state index < -0.39 is 10.9 Å². The second kappa shape index (κ2) is 5.61. The number of hydrogen-bond donors (Lipinski definition) is 2. The highest BCUT2D eigenvalue weighted by molar-refractivity contribution is 7.11. The fourth-order valence-corrected chi connectivity index (χ4v) is 2.24. The maximum atomic E-state index is 10.9.